The second kappa shape index (κ2) is 6.79. The second-order valence-electron chi connectivity index (χ2n) is 6.77. The average Bonchev–Trinajstić information content (AvgIpc) is 2.94. The Morgan fingerprint density at radius 1 is 1.22 bits per heavy atom. The molecule has 1 atom stereocenters. The highest BCUT2D eigenvalue weighted by atomic mass is 35.5. The molecule has 0 N–H and O–H groups in total. The number of amides is 1. The molecule has 1 unspecified atom stereocenters. The molecule has 0 saturated heterocycles. The first-order chi connectivity index (χ1) is 13.0. The number of fused-ring (bicyclic) bond motifs is 2. The lowest BCUT2D eigenvalue weighted by atomic mass is 10.0. The van der Waals surface area contributed by atoms with Crippen LogP contribution in [0, 0.1) is 0 Å². The van der Waals surface area contributed by atoms with Crippen LogP contribution in [0.3, 0.4) is 0 Å². The summed E-state index contributed by atoms with van der Waals surface area (Å²) >= 11 is 6.06. The van der Waals surface area contributed by atoms with Crippen LogP contribution in [0.25, 0.3) is 11.0 Å². The predicted octanol–water partition coefficient (Wildman–Crippen LogP) is 2.95. The van der Waals surface area contributed by atoms with E-state index in [1.165, 1.54) is 0 Å². The van der Waals surface area contributed by atoms with Gasteiger partial charge >= 0.3 is 0 Å². The van der Waals surface area contributed by atoms with Crippen molar-refractivity contribution in [3.63, 3.8) is 0 Å². The molecule has 3 heterocycles. The number of pyridine rings is 1. The van der Waals surface area contributed by atoms with Crippen LogP contribution in [0.1, 0.15) is 27.9 Å². The van der Waals surface area contributed by atoms with Gasteiger partial charge in [-0.3, -0.25) is 14.6 Å². The fraction of sp³-hybridized carbons (Fsp3) is 0.250. The Bertz CT molecular complexity index is 1080. The van der Waals surface area contributed by atoms with E-state index in [1.54, 1.807) is 35.4 Å². The lowest BCUT2D eigenvalue weighted by Crippen LogP contribution is -2.35. The molecule has 0 saturated carbocycles. The molecule has 6 nitrogen and oxygen atoms in total. The van der Waals surface area contributed by atoms with Crippen LogP contribution in [-0.2, 0) is 0 Å². The summed E-state index contributed by atoms with van der Waals surface area (Å²) in [7, 11) is 3.87. The molecule has 2 aromatic heterocycles. The highest BCUT2D eigenvalue weighted by Crippen LogP contribution is 2.37. The molecular weight excluding hydrogens is 366 g/mol. The summed E-state index contributed by atoms with van der Waals surface area (Å²) in [6, 6.07) is 9.71. The van der Waals surface area contributed by atoms with Gasteiger partial charge in [0.1, 0.15) is 11.6 Å². The van der Waals surface area contributed by atoms with Crippen LogP contribution in [0.15, 0.2) is 51.8 Å². The Kier molecular flexibility index (Phi) is 4.45. The third-order valence-electron chi connectivity index (χ3n) is 4.68. The summed E-state index contributed by atoms with van der Waals surface area (Å²) in [5.41, 5.74) is 1.07. The number of hydrogen-bond acceptors (Lipinski definition) is 5. The maximum Gasteiger partial charge on any atom is 0.291 e. The molecule has 3 aromatic rings. The Labute approximate surface area is 161 Å². The number of carbonyl (C=O) groups is 1. The number of rotatable bonds is 4. The van der Waals surface area contributed by atoms with E-state index in [9.17, 15) is 9.59 Å². The summed E-state index contributed by atoms with van der Waals surface area (Å²) in [5, 5.41) is 0.808. The minimum Gasteiger partial charge on any atom is -0.450 e. The van der Waals surface area contributed by atoms with Crippen LogP contribution in [0.2, 0.25) is 5.02 Å². The zero-order valence-corrected chi connectivity index (χ0v) is 15.7. The molecule has 1 aromatic carbocycles. The lowest BCUT2D eigenvalue weighted by molar-refractivity contribution is 0.0714. The average molecular weight is 384 g/mol. The summed E-state index contributed by atoms with van der Waals surface area (Å²) in [4.78, 5) is 34.4. The first-order valence-electron chi connectivity index (χ1n) is 8.60. The van der Waals surface area contributed by atoms with E-state index in [2.05, 4.69) is 4.98 Å². The third kappa shape index (κ3) is 3.01. The number of carbonyl (C=O) groups excluding carboxylic acids is 1. The Balaban J connectivity index is 1.95. The highest BCUT2D eigenvalue weighted by molar-refractivity contribution is 6.31. The van der Waals surface area contributed by atoms with Crippen LogP contribution in [0.5, 0.6) is 0 Å². The molecule has 0 radical (unpaired) electrons. The molecule has 1 amide bonds. The first kappa shape index (κ1) is 17.7. The number of likely N-dealkylation sites (N-methyl/N-ethyl adjacent to an activating group) is 1. The van der Waals surface area contributed by atoms with Crippen molar-refractivity contribution in [3.8, 4) is 0 Å². The van der Waals surface area contributed by atoms with Crippen LogP contribution in [-0.4, -0.2) is 47.9 Å². The summed E-state index contributed by atoms with van der Waals surface area (Å²) in [5.74, 6) is -0.208. The molecule has 0 spiro atoms. The van der Waals surface area contributed by atoms with Crippen LogP contribution >= 0.6 is 11.6 Å². The fourth-order valence-corrected chi connectivity index (χ4v) is 3.55. The maximum atomic E-state index is 13.2. The van der Waals surface area contributed by atoms with Gasteiger partial charge in [-0.15, -0.1) is 0 Å². The van der Waals surface area contributed by atoms with Crippen LogP contribution < -0.4 is 5.43 Å². The molecule has 1 aliphatic rings. The van der Waals surface area contributed by atoms with Gasteiger partial charge in [0.05, 0.1) is 16.6 Å². The van der Waals surface area contributed by atoms with Gasteiger partial charge in [-0.25, -0.2) is 0 Å². The minimum atomic E-state index is -0.576. The normalized spacial score (nSPS) is 16.4. The van der Waals surface area contributed by atoms with E-state index in [0.29, 0.717) is 40.3 Å². The van der Waals surface area contributed by atoms with Gasteiger partial charge in [0.15, 0.2) is 5.43 Å². The van der Waals surface area contributed by atoms with Crippen molar-refractivity contribution >= 4 is 28.5 Å². The Morgan fingerprint density at radius 2 is 2.04 bits per heavy atom. The Morgan fingerprint density at radius 3 is 2.74 bits per heavy atom. The van der Waals surface area contributed by atoms with Crippen molar-refractivity contribution in [2.45, 2.75) is 6.04 Å². The SMILES string of the molecule is CN(C)CCN1C(=O)c2oc3ccc(Cl)cc3c(=O)c2C1c1ccccn1. The molecule has 0 fully saturated rings. The summed E-state index contributed by atoms with van der Waals surface area (Å²) in [6.07, 6.45) is 1.65. The van der Waals surface area contributed by atoms with Crippen molar-refractivity contribution in [2.24, 2.45) is 0 Å². The Hall–Kier alpha value is -2.70. The van der Waals surface area contributed by atoms with Gasteiger partial charge in [-0.2, -0.15) is 0 Å². The standard InChI is InChI=1S/C20H18ClN3O3/c1-23(2)9-10-24-17(14-5-3-4-8-22-14)16-18(25)13-11-12(21)6-7-15(13)27-19(16)20(24)26/h3-8,11,17H,9-10H2,1-2H3. The van der Waals surface area contributed by atoms with Gasteiger partial charge in [-0.05, 0) is 44.4 Å². The fourth-order valence-electron chi connectivity index (χ4n) is 3.38. The quantitative estimate of drug-likeness (QED) is 0.693. The first-order valence-corrected chi connectivity index (χ1v) is 8.98. The van der Waals surface area contributed by atoms with E-state index in [4.69, 9.17) is 16.0 Å². The van der Waals surface area contributed by atoms with Gasteiger partial charge < -0.3 is 14.2 Å². The van der Waals surface area contributed by atoms with E-state index >= 15 is 0 Å². The molecule has 138 valence electrons. The van der Waals surface area contributed by atoms with Crippen molar-refractivity contribution in [3.05, 3.63) is 74.9 Å². The maximum absolute atomic E-state index is 13.2. The number of aromatic nitrogens is 1. The smallest absolute Gasteiger partial charge is 0.291 e. The third-order valence-corrected chi connectivity index (χ3v) is 4.92. The summed E-state index contributed by atoms with van der Waals surface area (Å²) in [6.45, 7) is 1.11. The van der Waals surface area contributed by atoms with Gasteiger partial charge in [0.2, 0.25) is 5.76 Å². The minimum absolute atomic E-state index is 0.0873. The number of hydrogen-bond donors (Lipinski definition) is 0. The largest absolute Gasteiger partial charge is 0.450 e. The lowest BCUT2D eigenvalue weighted by Gasteiger charge is -2.25. The van der Waals surface area contributed by atoms with E-state index in [1.807, 2.05) is 31.1 Å². The van der Waals surface area contributed by atoms with Crippen LogP contribution in [0.4, 0.5) is 0 Å². The number of halogens is 1. The van der Waals surface area contributed by atoms with E-state index in [-0.39, 0.29) is 17.1 Å². The summed E-state index contributed by atoms with van der Waals surface area (Å²) < 4.78 is 5.85. The van der Waals surface area contributed by atoms with E-state index < -0.39 is 6.04 Å². The zero-order chi connectivity index (χ0) is 19.1. The van der Waals surface area contributed by atoms with Crippen molar-refractivity contribution in [2.75, 3.05) is 27.2 Å². The predicted molar refractivity (Wildman–Crippen MR) is 103 cm³/mol. The van der Waals surface area contributed by atoms with Gasteiger partial charge in [0, 0.05) is 24.3 Å². The van der Waals surface area contributed by atoms with Crippen molar-refractivity contribution in [1.82, 2.24) is 14.8 Å². The number of benzene rings is 1. The molecule has 0 bridgehead atoms. The monoisotopic (exact) mass is 383 g/mol. The molecule has 4 rings (SSSR count). The number of nitrogens with zero attached hydrogens (tertiary/aromatic N) is 3. The second-order valence-corrected chi connectivity index (χ2v) is 7.21. The van der Waals surface area contributed by atoms with Gasteiger partial charge in [-0.1, -0.05) is 17.7 Å². The van der Waals surface area contributed by atoms with Crippen molar-refractivity contribution < 1.29 is 9.21 Å². The molecule has 0 aliphatic carbocycles. The molecular formula is C20H18ClN3O3. The molecule has 27 heavy (non-hydrogen) atoms. The van der Waals surface area contributed by atoms with E-state index in [0.717, 1.165) is 0 Å². The topological polar surface area (TPSA) is 66.7 Å². The van der Waals surface area contributed by atoms with Crippen molar-refractivity contribution in [1.29, 1.82) is 0 Å². The zero-order valence-electron chi connectivity index (χ0n) is 15.0. The molecule has 1 aliphatic heterocycles. The molecule has 7 heteroatoms. The van der Waals surface area contributed by atoms with Gasteiger partial charge in [0.25, 0.3) is 5.91 Å². The highest BCUT2D eigenvalue weighted by Gasteiger charge is 2.43.